The molecule has 2 saturated heterocycles. The first-order valence-electron chi connectivity index (χ1n) is 14.3. The minimum absolute atomic E-state index is 0.210. The molecule has 0 bridgehead atoms. The second-order valence-electron chi connectivity index (χ2n) is 12.4. The number of likely N-dealkylation sites (tertiary alicyclic amines) is 2. The van der Waals surface area contributed by atoms with Crippen molar-refractivity contribution in [2.75, 3.05) is 37.2 Å². The third kappa shape index (κ3) is 5.30. The van der Waals surface area contributed by atoms with E-state index in [1.165, 1.54) is 44.3 Å². The summed E-state index contributed by atoms with van der Waals surface area (Å²) in [5.74, 6) is 0.867. The van der Waals surface area contributed by atoms with Crippen LogP contribution < -0.4 is 11.1 Å². The number of nitrogens with zero attached hydrogens (tertiary/aromatic N) is 5. The molecule has 0 unspecified atom stereocenters. The van der Waals surface area contributed by atoms with Gasteiger partial charge in [0, 0.05) is 30.0 Å². The fourth-order valence-corrected chi connectivity index (χ4v) is 6.70. The second-order valence-corrected chi connectivity index (χ2v) is 12.4. The van der Waals surface area contributed by atoms with E-state index in [0.717, 1.165) is 59.8 Å². The SMILES string of the molecule is CC1CCN(C2CCN(Cc3cccc(NC(=O)c4n[nH]c5c4C(C)(C)Cc4cnc(N)nc4-5)c3)CC2)CC1. The van der Waals surface area contributed by atoms with Gasteiger partial charge in [0.1, 0.15) is 0 Å². The van der Waals surface area contributed by atoms with E-state index in [1.807, 2.05) is 12.1 Å². The molecule has 3 aromatic rings. The van der Waals surface area contributed by atoms with Crippen LogP contribution in [0.3, 0.4) is 0 Å². The molecule has 2 aliphatic heterocycles. The number of aromatic nitrogens is 4. The summed E-state index contributed by atoms with van der Waals surface area (Å²) in [6.07, 6.45) is 7.64. The Balaban J connectivity index is 1.11. The number of hydrogen-bond donors (Lipinski definition) is 3. The molecule has 6 rings (SSSR count). The van der Waals surface area contributed by atoms with Gasteiger partial charge in [-0.3, -0.25) is 14.8 Å². The fraction of sp³-hybridized carbons (Fsp3) is 0.533. The van der Waals surface area contributed by atoms with E-state index >= 15 is 0 Å². The topological polar surface area (TPSA) is 116 Å². The van der Waals surface area contributed by atoms with Crippen molar-refractivity contribution in [1.29, 1.82) is 0 Å². The fourth-order valence-electron chi connectivity index (χ4n) is 6.70. The molecular formula is C30H40N8O. The Labute approximate surface area is 230 Å². The predicted molar refractivity (Wildman–Crippen MR) is 153 cm³/mol. The molecule has 0 atom stereocenters. The number of piperidine rings is 2. The largest absolute Gasteiger partial charge is 0.368 e. The standard InChI is InChI=1S/C30H40N8O/c1-19-7-13-38(14-8-19)23-9-11-37(12-10-23)18-20-5-4-6-22(15-20)33-28(39)27-24-26(35-36-27)25-21(16-30(24,2)3)17-32-29(31)34-25/h4-6,15,17,19,23H,7-14,16,18H2,1-3H3,(H,33,39)(H,35,36)(H2,31,32,34). The summed E-state index contributed by atoms with van der Waals surface area (Å²) in [5.41, 5.74) is 11.3. The zero-order valence-electron chi connectivity index (χ0n) is 23.3. The highest BCUT2D eigenvalue weighted by Gasteiger charge is 2.38. The lowest BCUT2D eigenvalue weighted by Gasteiger charge is -2.41. The van der Waals surface area contributed by atoms with Crippen LogP contribution in [0.5, 0.6) is 0 Å². The highest BCUT2D eigenvalue weighted by Crippen LogP contribution is 2.42. The first-order valence-corrected chi connectivity index (χ1v) is 14.3. The van der Waals surface area contributed by atoms with Gasteiger partial charge >= 0.3 is 0 Å². The molecule has 39 heavy (non-hydrogen) atoms. The third-order valence-electron chi connectivity index (χ3n) is 8.89. The van der Waals surface area contributed by atoms with Crippen LogP contribution in [0, 0.1) is 5.92 Å². The summed E-state index contributed by atoms with van der Waals surface area (Å²) in [4.78, 5) is 27.3. The van der Waals surface area contributed by atoms with E-state index in [4.69, 9.17) is 5.73 Å². The number of nitrogens with two attached hydrogens (primary N) is 1. The van der Waals surface area contributed by atoms with Crippen molar-refractivity contribution in [2.24, 2.45) is 5.92 Å². The van der Waals surface area contributed by atoms with Crippen molar-refractivity contribution < 1.29 is 4.79 Å². The van der Waals surface area contributed by atoms with Crippen LogP contribution in [0.1, 0.15) is 73.6 Å². The van der Waals surface area contributed by atoms with Crippen molar-refractivity contribution in [3.63, 3.8) is 0 Å². The molecule has 0 saturated carbocycles. The quantitative estimate of drug-likeness (QED) is 0.454. The van der Waals surface area contributed by atoms with Gasteiger partial charge in [0.2, 0.25) is 5.95 Å². The van der Waals surface area contributed by atoms with E-state index in [1.54, 1.807) is 6.20 Å². The molecule has 4 heterocycles. The molecule has 9 heteroatoms. The number of nitrogen functional groups attached to an aromatic ring is 1. The molecular weight excluding hydrogens is 488 g/mol. The lowest BCUT2D eigenvalue weighted by atomic mass is 9.73. The van der Waals surface area contributed by atoms with Crippen LogP contribution in [-0.4, -0.2) is 68.1 Å². The number of fused-ring (bicyclic) bond motifs is 3. The number of amides is 1. The number of aromatic amines is 1. The molecule has 1 aromatic carbocycles. The highest BCUT2D eigenvalue weighted by molar-refractivity contribution is 6.05. The van der Waals surface area contributed by atoms with Gasteiger partial charge in [-0.1, -0.05) is 32.9 Å². The van der Waals surface area contributed by atoms with E-state index < -0.39 is 0 Å². The lowest BCUT2D eigenvalue weighted by molar-refractivity contribution is 0.0779. The van der Waals surface area contributed by atoms with E-state index in [9.17, 15) is 4.79 Å². The molecule has 2 aromatic heterocycles. The van der Waals surface area contributed by atoms with Crippen LogP contribution in [0.15, 0.2) is 30.5 Å². The van der Waals surface area contributed by atoms with Crippen LogP contribution in [0.4, 0.5) is 11.6 Å². The van der Waals surface area contributed by atoms with E-state index in [-0.39, 0.29) is 17.3 Å². The van der Waals surface area contributed by atoms with Crippen molar-refractivity contribution in [1.82, 2.24) is 30.0 Å². The van der Waals surface area contributed by atoms with Crippen LogP contribution in [-0.2, 0) is 18.4 Å². The smallest absolute Gasteiger partial charge is 0.276 e. The molecule has 4 N–H and O–H groups in total. The van der Waals surface area contributed by atoms with Crippen LogP contribution >= 0.6 is 0 Å². The van der Waals surface area contributed by atoms with Gasteiger partial charge in [0.05, 0.1) is 11.4 Å². The summed E-state index contributed by atoms with van der Waals surface area (Å²) in [6.45, 7) is 12.3. The van der Waals surface area contributed by atoms with Gasteiger partial charge in [-0.05, 0) is 92.9 Å². The maximum absolute atomic E-state index is 13.5. The zero-order chi connectivity index (χ0) is 27.1. The lowest BCUT2D eigenvalue weighted by Crippen LogP contribution is -2.47. The zero-order valence-corrected chi connectivity index (χ0v) is 23.3. The third-order valence-corrected chi connectivity index (χ3v) is 8.89. The number of carbonyl (C=O) groups is 1. The molecule has 206 valence electrons. The molecule has 2 fully saturated rings. The van der Waals surface area contributed by atoms with Crippen molar-refractivity contribution in [3.05, 3.63) is 52.8 Å². The summed E-state index contributed by atoms with van der Waals surface area (Å²) < 4.78 is 0. The molecule has 1 amide bonds. The number of carbonyl (C=O) groups excluding carboxylic acids is 1. The van der Waals surface area contributed by atoms with Crippen LogP contribution in [0.2, 0.25) is 0 Å². The average molecular weight is 529 g/mol. The molecule has 0 radical (unpaired) electrons. The molecule has 1 aliphatic carbocycles. The first kappa shape index (κ1) is 26.0. The van der Waals surface area contributed by atoms with Gasteiger partial charge in [0.25, 0.3) is 5.91 Å². The number of nitrogens with one attached hydrogen (secondary N) is 2. The Morgan fingerprint density at radius 3 is 2.69 bits per heavy atom. The second kappa shape index (κ2) is 10.4. The van der Waals surface area contributed by atoms with Crippen LogP contribution in [0.25, 0.3) is 11.4 Å². The van der Waals surface area contributed by atoms with Crippen molar-refractivity contribution >= 4 is 17.5 Å². The Bertz CT molecular complexity index is 1350. The summed E-state index contributed by atoms with van der Waals surface area (Å²) in [5, 5.41) is 10.6. The minimum Gasteiger partial charge on any atom is -0.368 e. The Kier molecular flexibility index (Phi) is 6.89. The molecule has 9 nitrogen and oxygen atoms in total. The summed E-state index contributed by atoms with van der Waals surface area (Å²) in [7, 11) is 0. The predicted octanol–water partition coefficient (Wildman–Crippen LogP) is 4.23. The van der Waals surface area contributed by atoms with E-state index in [0.29, 0.717) is 12.1 Å². The van der Waals surface area contributed by atoms with Gasteiger partial charge in [0.15, 0.2) is 5.69 Å². The summed E-state index contributed by atoms with van der Waals surface area (Å²) >= 11 is 0. The van der Waals surface area contributed by atoms with Crippen molar-refractivity contribution in [2.45, 2.75) is 70.9 Å². The van der Waals surface area contributed by atoms with E-state index in [2.05, 4.69) is 68.2 Å². The maximum Gasteiger partial charge on any atom is 0.276 e. The van der Waals surface area contributed by atoms with Gasteiger partial charge in [-0.25, -0.2) is 9.97 Å². The van der Waals surface area contributed by atoms with Gasteiger partial charge < -0.3 is 16.0 Å². The number of H-pyrrole nitrogens is 1. The summed E-state index contributed by atoms with van der Waals surface area (Å²) in [6, 6.07) is 8.93. The normalized spacial score (nSPS) is 20.4. The number of rotatable bonds is 5. The minimum atomic E-state index is -0.304. The van der Waals surface area contributed by atoms with Crippen molar-refractivity contribution in [3.8, 4) is 11.4 Å². The Morgan fingerprint density at radius 1 is 1.15 bits per heavy atom. The number of hydrogen-bond acceptors (Lipinski definition) is 7. The Morgan fingerprint density at radius 2 is 1.92 bits per heavy atom. The maximum atomic E-state index is 13.5. The molecule has 3 aliphatic rings. The van der Waals surface area contributed by atoms with Gasteiger partial charge in [-0.15, -0.1) is 0 Å². The number of benzene rings is 1. The first-order chi connectivity index (χ1) is 18.8. The highest BCUT2D eigenvalue weighted by atomic mass is 16.2. The molecule has 0 spiro atoms. The Hall–Kier alpha value is -3.30. The monoisotopic (exact) mass is 528 g/mol. The van der Waals surface area contributed by atoms with Gasteiger partial charge in [-0.2, -0.15) is 5.10 Å². The average Bonchev–Trinajstić information content (AvgIpc) is 3.38. The number of anilines is 2.